The van der Waals surface area contributed by atoms with Crippen LogP contribution in [0.3, 0.4) is 0 Å². The Labute approximate surface area is 166 Å². The van der Waals surface area contributed by atoms with Crippen LogP contribution in [-0.2, 0) is 6.54 Å². The Bertz CT molecular complexity index is 996. The fourth-order valence-electron chi connectivity index (χ4n) is 2.42. The van der Waals surface area contributed by atoms with Crippen LogP contribution in [0.1, 0.15) is 26.3 Å². The molecular formula is C20H17ClN4O3. The van der Waals surface area contributed by atoms with Gasteiger partial charge in [-0.3, -0.25) is 19.6 Å². The molecule has 7 nitrogen and oxygen atoms in total. The highest BCUT2D eigenvalue weighted by atomic mass is 35.5. The summed E-state index contributed by atoms with van der Waals surface area (Å²) in [6, 6.07) is 10.00. The van der Waals surface area contributed by atoms with E-state index in [4.69, 9.17) is 16.3 Å². The third kappa shape index (κ3) is 4.83. The predicted molar refractivity (Wildman–Crippen MR) is 106 cm³/mol. The molecule has 0 radical (unpaired) electrons. The van der Waals surface area contributed by atoms with Gasteiger partial charge >= 0.3 is 0 Å². The number of rotatable bonds is 6. The maximum absolute atomic E-state index is 12.5. The molecule has 0 bridgehead atoms. The number of carbonyl (C=O) groups excluding carboxylic acids is 2. The van der Waals surface area contributed by atoms with Crippen molar-refractivity contribution in [1.82, 2.24) is 15.3 Å². The summed E-state index contributed by atoms with van der Waals surface area (Å²) < 4.78 is 5.08. The molecule has 1 aromatic carbocycles. The fourth-order valence-corrected chi connectivity index (χ4v) is 2.68. The SMILES string of the molecule is COc1ccc(NC(=O)c2cncc(C(=O)NCc3ccncc3)c2)cc1Cl. The van der Waals surface area contributed by atoms with Gasteiger partial charge in [0.1, 0.15) is 5.75 Å². The zero-order valence-electron chi connectivity index (χ0n) is 15.0. The van der Waals surface area contributed by atoms with E-state index in [0.29, 0.717) is 23.0 Å². The number of hydrogen-bond acceptors (Lipinski definition) is 5. The van der Waals surface area contributed by atoms with E-state index in [2.05, 4.69) is 20.6 Å². The van der Waals surface area contributed by atoms with Gasteiger partial charge in [-0.05, 0) is 42.0 Å². The Morgan fingerprint density at radius 2 is 1.71 bits per heavy atom. The van der Waals surface area contributed by atoms with Gasteiger partial charge < -0.3 is 15.4 Å². The molecule has 2 aromatic heterocycles. The van der Waals surface area contributed by atoms with Gasteiger partial charge in [-0.1, -0.05) is 11.6 Å². The molecule has 28 heavy (non-hydrogen) atoms. The lowest BCUT2D eigenvalue weighted by molar-refractivity contribution is 0.0950. The number of hydrogen-bond donors (Lipinski definition) is 2. The van der Waals surface area contributed by atoms with E-state index >= 15 is 0 Å². The molecule has 142 valence electrons. The van der Waals surface area contributed by atoms with Gasteiger partial charge in [0, 0.05) is 37.0 Å². The lowest BCUT2D eigenvalue weighted by Crippen LogP contribution is -2.23. The second kappa shape index (κ2) is 8.96. The summed E-state index contributed by atoms with van der Waals surface area (Å²) in [5.74, 6) is -0.224. The van der Waals surface area contributed by atoms with Crippen molar-refractivity contribution < 1.29 is 14.3 Å². The van der Waals surface area contributed by atoms with Crippen LogP contribution >= 0.6 is 11.6 Å². The number of pyridine rings is 2. The summed E-state index contributed by atoms with van der Waals surface area (Å²) in [5.41, 5.74) is 1.96. The van der Waals surface area contributed by atoms with Crippen LogP contribution in [0, 0.1) is 0 Å². The number of benzene rings is 1. The van der Waals surface area contributed by atoms with Crippen LogP contribution in [0.4, 0.5) is 5.69 Å². The first-order chi connectivity index (χ1) is 13.6. The summed E-state index contributed by atoms with van der Waals surface area (Å²) in [5, 5.41) is 5.88. The molecule has 2 amide bonds. The maximum atomic E-state index is 12.5. The summed E-state index contributed by atoms with van der Waals surface area (Å²) in [4.78, 5) is 32.7. The Balaban J connectivity index is 1.67. The van der Waals surface area contributed by atoms with Crippen molar-refractivity contribution in [2.24, 2.45) is 0 Å². The van der Waals surface area contributed by atoms with E-state index in [9.17, 15) is 9.59 Å². The largest absolute Gasteiger partial charge is 0.495 e. The molecule has 0 saturated carbocycles. The first-order valence-electron chi connectivity index (χ1n) is 8.34. The molecule has 2 N–H and O–H groups in total. The zero-order valence-corrected chi connectivity index (χ0v) is 15.7. The molecule has 0 unspecified atom stereocenters. The first-order valence-corrected chi connectivity index (χ1v) is 8.71. The quantitative estimate of drug-likeness (QED) is 0.666. The molecule has 0 fully saturated rings. The molecule has 3 aromatic rings. The van der Waals surface area contributed by atoms with E-state index in [0.717, 1.165) is 5.56 Å². The lowest BCUT2D eigenvalue weighted by Gasteiger charge is -2.09. The zero-order chi connectivity index (χ0) is 19.9. The second-order valence-electron chi connectivity index (χ2n) is 5.80. The monoisotopic (exact) mass is 396 g/mol. The summed E-state index contributed by atoms with van der Waals surface area (Å²) in [6.07, 6.45) is 6.10. The van der Waals surface area contributed by atoms with Gasteiger partial charge in [0.15, 0.2) is 0 Å². The van der Waals surface area contributed by atoms with Gasteiger partial charge in [-0.15, -0.1) is 0 Å². The predicted octanol–water partition coefficient (Wildman–Crippen LogP) is 3.32. The third-order valence-electron chi connectivity index (χ3n) is 3.87. The molecule has 8 heteroatoms. The molecule has 0 aliphatic rings. The third-order valence-corrected chi connectivity index (χ3v) is 4.17. The number of anilines is 1. The molecular weight excluding hydrogens is 380 g/mol. The van der Waals surface area contributed by atoms with Crippen molar-refractivity contribution in [2.75, 3.05) is 12.4 Å². The van der Waals surface area contributed by atoms with Crippen LogP contribution < -0.4 is 15.4 Å². The van der Waals surface area contributed by atoms with Crippen LogP contribution in [0.5, 0.6) is 5.75 Å². The van der Waals surface area contributed by atoms with Crippen LogP contribution in [0.25, 0.3) is 0 Å². The Morgan fingerprint density at radius 3 is 2.39 bits per heavy atom. The Hall–Kier alpha value is -3.45. The molecule has 0 spiro atoms. The number of methoxy groups -OCH3 is 1. The average Bonchev–Trinajstić information content (AvgIpc) is 2.73. The number of carbonyl (C=O) groups is 2. The van der Waals surface area contributed by atoms with Crippen molar-refractivity contribution in [2.45, 2.75) is 6.54 Å². The number of nitrogens with one attached hydrogen (secondary N) is 2. The van der Waals surface area contributed by atoms with Gasteiger partial charge in [-0.2, -0.15) is 0 Å². The van der Waals surface area contributed by atoms with Crippen molar-refractivity contribution in [3.63, 3.8) is 0 Å². The van der Waals surface area contributed by atoms with Gasteiger partial charge in [-0.25, -0.2) is 0 Å². The highest BCUT2D eigenvalue weighted by Gasteiger charge is 2.12. The van der Waals surface area contributed by atoms with E-state index in [1.54, 1.807) is 30.6 Å². The molecule has 2 heterocycles. The van der Waals surface area contributed by atoms with Gasteiger partial charge in [0.2, 0.25) is 0 Å². The summed E-state index contributed by atoms with van der Waals surface area (Å²) >= 11 is 6.07. The molecule has 0 aliphatic heterocycles. The number of ether oxygens (including phenoxy) is 1. The minimum absolute atomic E-state index is 0.253. The summed E-state index contributed by atoms with van der Waals surface area (Å²) in [6.45, 7) is 0.349. The summed E-state index contributed by atoms with van der Waals surface area (Å²) in [7, 11) is 1.51. The van der Waals surface area contributed by atoms with Crippen molar-refractivity contribution in [3.8, 4) is 5.75 Å². The van der Waals surface area contributed by atoms with Crippen LogP contribution in [0.2, 0.25) is 5.02 Å². The number of halogens is 1. The molecule has 0 atom stereocenters. The van der Waals surface area contributed by atoms with Crippen LogP contribution in [0.15, 0.2) is 61.2 Å². The Kier molecular flexibility index (Phi) is 6.18. The van der Waals surface area contributed by atoms with E-state index in [-0.39, 0.29) is 17.0 Å². The molecule has 0 aliphatic carbocycles. The number of nitrogens with zero attached hydrogens (tertiary/aromatic N) is 2. The lowest BCUT2D eigenvalue weighted by atomic mass is 10.1. The number of amides is 2. The van der Waals surface area contributed by atoms with E-state index < -0.39 is 5.91 Å². The normalized spacial score (nSPS) is 10.2. The highest BCUT2D eigenvalue weighted by molar-refractivity contribution is 6.32. The van der Waals surface area contributed by atoms with E-state index in [1.807, 2.05) is 12.1 Å². The van der Waals surface area contributed by atoms with Crippen molar-refractivity contribution in [3.05, 3.63) is 82.9 Å². The standard InChI is InChI=1S/C20H17ClN4O3/c1-28-18-3-2-16(9-17(18)21)25-20(27)15-8-14(11-23-12-15)19(26)24-10-13-4-6-22-7-5-13/h2-9,11-12H,10H2,1H3,(H,24,26)(H,25,27). The minimum atomic E-state index is -0.405. The smallest absolute Gasteiger partial charge is 0.257 e. The second-order valence-corrected chi connectivity index (χ2v) is 6.21. The first kappa shape index (κ1) is 19.3. The van der Waals surface area contributed by atoms with E-state index in [1.165, 1.54) is 25.6 Å². The minimum Gasteiger partial charge on any atom is -0.495 e. The molecule has 3 rings (SSSR count). The maximum Gasteiger partial charge on any atom is 0.257 e. The topological polar surface area (TPSA) is 93.2 Å². The van der Waals surface area contributed by atoms with Crippen molar-refractivity contribution in [1.29, 1.82) is 0 Å². The van der Waals surface area contributed by atoms with Gasteiger partial charge in [0.05, 0.1) is 23.3 Å². The van der Waals surface area contributed by atoms with Gasteiger partial charge in [0.25, 0.3) is 11.8 Å². The highest BCUT2D eigenvalue weighted by Crippen LogP contribution is 2.27. The number of aromatic nitrogens is 2. The fraction of sp³-hybridized carbons (Fsp3) is 0.100. The van der Waals surface area contributed by atoms with Crippen LogP contribution in [-0.4, -0.2) is 28.9 Å². The molecule has 0 saturated heterocycles. The average molecular weight is 397 g/mol. The Morgan fingerprint density at radius 1 is 1.00 bits per heavy atom. The van der Waals surface area contributed by atoms with Crippen molar-refractivity contribution >= 4 is 29.1 Å².